The number of hydrogen-bond acceptors (Lipinski definition) is 3. The molecule has 2 N–H and O–H groups in total. The lowest BCUT2D eigenvalue weighted by Crippen LogP contribution is -2.46. The molecule has 2 heterocycles. The predicted molar refractivity (Wildman–Crippen MR) is 71.1 cm³/mol. The van der Waals surface area contributed by atoms with Crippen LogP contribution in [0, 0.1) is 0 Å². The fourth-order valence-corrected chi connectivity index (χ4v) is 3.34. The Labute approximate surface area is 106 Å². The molecule has 3 heteroatoms. The summed E-state index contributed by atoms with van der Waals surface area (Å²) in [6.07, 6.45) is 5.80. The minimum absolute atomic E-state index is 0.0311. The third-order valence-corrected chi connectivity index (χ3v) is 4.11. The topological polar surface area (TPSA) is 35.5 Å². The minimum atomic E-state index is -0.0311. The largest absolute Gasteiger partial charge is 0.393 e. The van der Waals surface area contributed by atoms with Crippen LogP contribution < -0.4 is 5.32 Å². The first-order valence-corrected chi connectivity index (χ1v) is 7.14. The lowest BCUT2D eigenvalue weighted by molar-refractivity contribution is 0.0348. The first-order chi connectivity index (χ1) is 7.96. The van der Waals surface area contributed by atoms with Gasteiger partial charge in [0.1, 0.15) is 0 Å². The van der Waals surface area contributed by atoms with E-state index in [1.54, 1.807) is 0 Å². The second kappa shape index (κ2) is 5.25. The normalized spacial score (nSPS) is 34.2. The molecule has 2 saturated heterocycles. The fourth-order valence-electron chi connectivity index (χ4n) is 3.34. The Hall–Kier alpha value is -0.120. The summed E-state index contributed by atoms with van der Waals surface area (Å²) in [5, 5.41) is 13.3. The monoisotopic (exact) mass is 240 g/mol. The van der Waals surface area contributed by atoms with E-state index >= 15 is 0 Å². The molecule has 0 aromatic carbocycles. The van der Waals surface area contributed by atoms with Crippen LogP contribution in [-0.2, 0) is 0 Å². The summed E-state index contributed by atoms with van der Waals surface area (Å²) in [7, 11) is 0. The van der Waals surface area contributed by atoms with Crippen molar-refractivity contribution < 1.29 is 5.11 Å². The second-order valence-electron chi connectivity index (χ2n) is 6.78. The average Bonchev–Trinajstić information content (AvgIpc) is 2.44. The van der Waals surface area contributed by atoms with E-state index in [1.165, 1.54) is 25.8 Å². The molecule has 2 unspecified atom stereocenters. The lowest BCUT2D eigenvalue weighted by Gasteiger charge is -2.37. The highest BCUT2D eigenvalue weighted by molar-refractivity contribution is 4.95. The molecule has 0 radical (unpaired) electrons. The Morgan fingerprint density at radius 3 is 2.29 bits per heavy atom. The number of aliphatic hydroxyl groups excluding tert-OH is 1. The van der Waals surface area contributed by atoms with Crippen molar-refractivity contribution in [3.05, 3.63) is 0 Å². The highest BCUT2D eigenvalue weighted by atomic mass is 16.3. The molecule has 0 spiro atoms. The van der Waals surface area contributed by atoms with E-state index in [4.69, 9.17) is 0 Å². The summed E-state index contributed by atoms with van der Waals surface area (Å²) in [5.74, 6) is 0. The zero-order valence-electron chi connectivity index (χ0n) is 11.6. The number of aliphatic hydroxyl groups is 1. The quantitative estimate of drug-likeness (QED) is 0.735. The fraction of sp³-hybridized carbons (Fsp3) is 1.00. The summed E-state index contributed by atoms with van der Waals surface area (Å²) < 4.78 is 0. The van der Waals surface area contributed by atoms with E-state index in [1.807, 2.05) is 0 Å². The van der Waals surface area contributed by atoms with E-state index in [0.717, 1.165) is 19.4 Å². The molecule has 100 valence electrons. The van der Waals surface area contributed by atoms with Gasteiger partial charge in [0, 0.05) is 17.6 Å². The highest BCUT2D eigenvalue weighted by Crippen LogP contribution is 2.35. The average molecular weight is 240 g/mol. The smallest absolute Gasteiger partial charge is 0.0570 e. The molecule has 2 rings (SSSR count). The van der Waals surface area contributed by atoms with E-state index in [9.17, 15) is 5.11 Å². The van der Waals surface area contributed by atoms with Crippen LogP contribution in [0.5, 0.6) is 0 Å². The Balaban J connectivity index is 1.70. The van der Waals surface area contributed by atoms with E-state index < -0.39 is 0 Å². The Kier molecular flexibility index (Phi) is 4.11. The zero-order chi connectivity index (χ0) is 12.5. The van der Waals surface area contributed by atoms with Gasteiger partial charge in [-0.2, -0.15) is 0 Å². The molecule has 0 amide bonds. The Morgan fingerprint density at radius 1 is 1.18 bits per heavy atom. The molecule has 0 aromatic heterocycles. The van der Waals surface area contributed by atoms with Crippen molar-refractivity contribution in [1.29, 1.82) is 0 Å². The number of hydrogen-bond donors (Lipinski definition) is 2. The molecule has 2 aliphatic heterocycles. The van der Waals surface area contributed by atoms with Gasteiger partial charge in [-0.05, 0) is 66.0 Å². The van der Waals surface area contributed by atoms with Crippen LogP contribution >= 0.6 is 0 Å². The SMILES string of the molecule is CC(C)(C)NCCCN1C2CCC1CC(O)C2. The van der Waals surface area contributed by atoms with Gasteiger partial charge in [-0.15, -0.1) is 0 Å². The van der Waals surface area contributed by atoms with Crippen LogP contribution in [-0.4, -0.2) is 46.8 Å². The van der Waals surface area contributed by atoms with Gasteiger partial charge < -0.3 is 10.4 Å². The standard InChI is InChI=1S/C14H28N2O/c1-14(2,3)15-7-4-8-16-11-5-6-12(16)10-13(17)9-11/h11-13,15,17H,4-10H2,1-3H3. The summed E-state index contributed by atoms with van der Waals surface area (Å²) in [6, 6.07) is 1.33. The van der Waals surface area contributed by atoms with Crippen molar-refractivity contribution in [3.8, 4) is 0 Å². The molecular formula is C14H28N2O. The van der Waals surface area contributed by atoms with E-state index in [-0.39, 0.29) is 11.6 Å². The van der Waals surface area contributed by atoms with Crippen molar-refractivity contribution in [1.82, 2.24) is 10.2 Å². The predicted octanol–water partition coefficient (Wildman–Crippen LogP) is 1.75. The minimum Gasteiger partial charge on any atom is -0.393 e. The molecule has 3 nitrogen and oxygen atoms in total. The first-order valence-electron chi connectivity index (χ1n) is 7.14. The van der Waals surface area contributed by atoms with Gasteiger partial charge in [0.15, 0.2) is 0 Å². The molecular weight excluding hydrogens is 212 g/mol. The van der Waals surface area contributed by atoms with Gasteiger partial charge in [0.2, 0.25) is 0 Å². The summed E-state index contributed by atoms with van der Waals surface area (Å²) in [5.41, 5.74) is 0.233. The molecule has 2 atom stereocenters. The maximum Gasteiger partial charge on any atom is 0.0570 e. The van der Waals surface area contributed by atoms with Gasteiger partial charge in [-0.25, -0.2) is 0 Å². The van der Waals surface area contributed by atoms with Gasteiger partial charge in [-0.1, -0.05) is 0 Å². The first kappa shape index (κ1) is 13.3. The summed E-state index contributed by atoms with van der Waals surface area (Å²) >= 11 is 0. The molecule has 0 saturated carbocycles. The van der Waals surface area contributed by atoms with Crippen molar-refractivity contribution in [2.45, 2.75) is 76.6 Å². The maximum atomic E-state index is 9.75. The third-order valence-electron chi connectivity index (χ3n) is 4.11. The van der Waals surface area contributed by atoms with Gasteiger partial charge in [0.05, 0.1) is 6.10 Å². The van der Waals surface area contributed by atoms with Crippen LogP contribution in [0.15, 0.2) is 0 Å². The van der Waals surface area contributed by atoms with Gasteiger partial charge >= 0.3 is 0 Å². The Bertz CT molecular complexity index is 235. The highest BCUT2D eigenvalue weighted by Gasteiger charge is 2.39. The van der Waals surface area contributed by atoms with Crippen molar-refractivity contribution in [2.75, 3.05) is 13.1 Å². The van der Waals surface area contributed by atoms with Crippen molar-refractivity contribution >= 4 is 0 Å². The zero-order valence-corrected chi connectivity index (χ0v) is 11.6. The Morgan fingerprint density at radius 2 is 1.76 bits per heavy atom. The molecule has 2 fully saturated rings. The van der Waals surface area contributed by atoms with Crippen LogP contribution in [0.3, 0.4) is 0 Å². The van der Waals surface area contributed by atoms with Crippen LogP contribution in [0.25, 0.3) is 0 Å². The molecule has 17 heavy (non-hydrogen) atoms. The molecule has 2 bridgehead atoms. The summed E-state index contributed by atoms with van der Waals surface area (Å²) in [6.45, 7) is 8.95. The molecule has 2 aliphatic rings. The lowest BCUT2D eigenvalue weighted by atomic mass is 9.99. The number of rotatable bonds is 4. The number of piperidine rings is 1. The van der Waals surface area contributed by atoms with Gasteiger partial charge in [0.25, 0.3) is 0 Å². The molecule has 0 aromatic rings. The van der Waals surface area contributed by atoms with Crippen molar-refractivity contribution in [2.24, 2.45) is 0 Å². The van der Waals surface area contributed by atoms with Gasteiger partial charge in [-0.3, -0.25) is 4.90 Å². The second-order valence-corrected chi connectivity index (χ2v) is 6.78. The maximum absolute atomic E-state index is 9.75. The van der Waals surface area contributed by atoms with Crippen LogP contribution in [0.2, 0.25) is 0 Å². The van der Waals surface area contributed by atoms with E-state index in [0.29, 0.717) is 12.1 Å². The number of nitrogens with one attached hydrogen (secondary N) is 1. The van der Waals surface area contributed by atoms with Crippen LogP contribution in [0.4, 0.5) is 0 Å². The number of nitrogens with zero attached hydrogens (tertiary/aromatic N) is 1. The van der Waals surface area contributed by atoms with Crippen LogP contribution in [0.1, 0.15) is 52.9 Å². The summed E-state index contributed by atoms with van der Waals surface area (Å²) in [4.78, 5) is 2.65. The van der Waals surface area contributed by atoms with E-state index in [2.05, 4.69) is 31.0 Å². The number of fused-ring (bicyclic) bond motifs is 2. The third kappa shape index (κ3) is 3.67. The molecule has 0 aliphatic carbocycles. The van der Waals surface area contributed by atoms with Crippen molar-refractivity contribution in [3.63, 3.8) is 0 Å².